The Kier molecular flexibility index (Phi) is 7.28. The van der Waals surface area contributed by atoms with Gasteiger partial charge in [0.05, 0.1) is 0 Å². The van der Waals surface area contributed by atoms with Crippen LogP contribution in [0.25, 0.3) is 6.08 Å². The third kappa shape index (κ3) is 5.32. The van der Waals surface area contributed by atoms with Gasteiger partial charge in [0, 0.05) is 0 Å². The fourth-order valence-electron chi connectivity index (χ4n) is 2.12. The molecule has 20 heavy (non-hydrogen) atoms. The van der Waals surface area contributed by atoms with Gasteiger partial charge in [-0.15, -0.1) is 0 Å². The fourth-order valence-corrected chi connectivity index (χ4v) is 2.12. The number of allylic oxidation sites excluding steroid dienone is 3. The second-order valence-electron chi connectivity index (χ2n) is 5.58. The first-order valence-electron chi connectivity index (χ1n) is 7.75. The summed E-state index contributed by atoms with van der Waals surface area (Å²) in [6.45, 7) is 8.54. The van der Waals surface area contributed by atoms with Gasteiger partial charge >= 0.3 is 0 Å². The maximum Gasteiger partial charge on any atom is 0.126 e. The van der Waals surface area contributed by atoms with Gasteiger partial charge in [-0.1, -0.05) is 70.9 Å². The van der Waals surface area contributed by atoms with Crippen molar-refractivity contribution >= 4 is 6.08 Å². The van der Waals surface area contributed by atoms with Crippen molar-refractivity contribution in [1.29, 1.82) is 0 Å². The first-order chi connectivity index (χ1) is 9.58. The Balaban J connectivity index is 2.89. The van der Waals surface area contributed by atoms with Crippen molar-refractivity contribution in [2.75, 3.05) is 0 Å². The van der Waals surface area contributed by atoms with E-state index in [0.717, 1.165) is 36.8 Å². The zero-order valence-corrected chi connectivity index (χ0v) is 13.2. The topological polar surface area (TPSA) is 0 Å². The van der Waals surface area contributed by atoms with Crippen molar-refractivity contribution in [2.24, 2.45) is 0 Å². The smallest absolute Gasteiger partial charge is 0.126 e. The van der Waals surface area contributed by atoms with Crippen LogP contribution < -0.4 is 0 Å². The molecule has 0 nitrogen and oxygen atoms in total. The molecule has 0 aromatic heterocycles. The monoisotopic (exact) mass is 274 g/mol. The molecule has 0 aliphatic carbocycles. The maximum atomic E-state index is 14.3. The first-order valence-corrected chi connectivity index (χ1v) is 7.75. The molecule has 110 valence electrons. The molecule has 0 atom stereocenters. The van der Waals surface area contributed by atoms with Gasteiger partial charge in [-0.3, -0.25) is 0 Å². The van der Waals surface area contributed by atoms with Crippen LogP contribution in [0.5, 0.6) is 0 Å². The number of hydrogen-bond donors (Lipinski definition) is 0. The Bertz CT molecular complexity index is 449. The minimum atomic E-state index is -0.0856. The Morgan fingerprint density at radius 3 is 2.25 bits per heavy atom. The van der Waals surface area contributed by atoms with E-state index in [0.29, 0.717) is 5.92 Å². The van der Waals surface area contributed by atoms with E-state index in [1.807, 2.05) is 18.2 Å². The van der Waals surface area contributed by atoms with Crippen LogP contribution in [0, 0.1) is 0 Å². The van der Waals surface area contributed by atoms with Crippen LogP contribution in [-0.2, 0) is 0 Å². The zero-order valence-electron chi connectivity index (χ0n) is 13.2. The van der Waals surface area contributed by atoms with Crippen LogP contribution in [0.4, 0.5) is 4.39 Å². The summed E-state index contributed by atoms with van der Waals surface area (Å²) in [5.74, 6) is 0.426. The lowest BCUT2D eigenvalue weighted by molar-refractivity contribution is 0.640. The third-order valence-electron chi connectivity index (χ3n) is 3.40. The summed E-state index contributed by atoms with van der Waals surface area (Å²) in [6, 6.07) is 8.16. The summed E-state index contributed by atoms with van der Waals surface area (Å²) in [7, 11) is 0. The van der Waals surface area contributed by atoms with E-state index in [2.05, 4.69) is 39.8 Å². The van der Waals surface area contributed by atoms with E-state index in [1.54, 1.807) is 6.08 Å². The standard InChI is InChI=1S/C19H27F/c1-5-7-9-18(8-6-2)19(20)14-16-10-12-17(13-11-16)15(3)4/h9-15H,5-8H2,1-4H3/b18-9-,19-14-. The first kappa shape index (κ1) is 16.7. The molecule has 0 unspecified atom stereocenters. The van der Waals surface area contributed by atoms with E-state index >= 15 is 0 Å². The van der Waals surface area contributed by atoms with Crippen molar-refractivity contribution in [3.63, 3.8) is 0 Å². The van der Waals surface area contributed by atoms with Gasteiger partial charge in [-0.25, -0.2) is 4.39 Å². The summed E-state index contributed by atoms with van der Waals surface area (Å²) in [6.07, 6.45) is 7.49. The predicted octanol–water partition coefficient (Wildman–Crippen LogP) is 6.65. The minimum Gasteiger partial charge on any atom is -0.207 e. The molecular formula is C19H27F. The van der Waals surface area contributed by atoms with Crippen LogP contribution in [-0.4, -0.2) is 0 Å². The lowest BCUT2D eigenvalue weighted by Gasteiger charge is -2.06. The van der Waals surface area contributed by atoms with Gasteiger partial charge in [-0.2, -0.15) is 0 Å². The predicted molar refractivity (Wildman–Crippen MR) is 87.5 cm³/mol. The van der Waals surface area contributed by atoms with Gasteiger partial charge in [0.25, 0.3) is 0 Å². The molecule has 0 aliphatic rings. The molecule has 0 aliphatic heterocycles. The molecule has 0 amide bonds. The molecule has 1 heteroatoms. The average molecular weight is 274 g/mol. The van der Waals surface area contributed by atoms with E-state index in [4.69, 9.17) is 0 Å². The summed E-state index contributed by atoms with van der Waals surface area (Å²) in [4.78, 5) is 0. The second kappa shape index (κ2) is 8.73. The molecule has 0 radical (unpaired) electrons. The molecule has 0 saturated heterocycles. The minimum absolute atomic E-state index is 0.0856. The summed E-state index contributed by atoms with van der Waals surface area (Å²) >= 11 is 0. The van der Waals surface area contributed by atoms with E-state index < -0.39 is 0 Å². The summed E-state index contributed by atoms with van der Waals surface area (Å²) in [5, 5.41) is 0. The number of halogens is 1. The third-order valence-corrected chi connectivity index (χ3v) is 3.40. The number of hydrogen-bond acceptors (Lipinski definition) is 0. The Hall–Kier alpha value is -1.37. The van der Waals surface area contributed by atoms with Crippen LogP contribution in [0.1, 0.15) is 70.4 Å². The molecule has 0 saturated carbocycles. The SMILES string of the molecule is CCC/C=C(CCC)\C(F)=C\c1ccc(C(C)C)cc1. The van der Waals surface area contributed by atoms with Crippen molar-refractivity contribution in [3.05, 3.63) is 52.9 Å². The van der Waals surface area contributed by atoms with Crippen molar-refractivity contribution in [3.8, 4) is 0 Å². The molecule has 1 aromatic rings. The van der Waals surface area contributed by atoms with Crippen LogP contribution in [0.3, 0.4) is 0 Å². The van der Waals surface area contributed by atoms with E-state index in [-0.39, 0.29) is 5.83 Å². The highest BCUT2D eigenvalue weighted by molar-refractivity contribution is 5.56. The molecular weight excluding hydrogens is 247 g/mol. The zero-order chi connectivity index (χ0) is 15.0. The number of rotatable bonds is 7. The maximum absolute atomic E-state index is 14.3. The molecule has 0 fully saturated rings. The molecule has 0 N–H and O–H groups in total. The van der Waals surface area contributed by atoms with Crippen molar-refractivity contribution < 1.29 is 4.39 Å². The van der Waals surface area contributed by atoms with Gasteiger partial charge < -0.3 is 0 Å². The van der Waals surface area contributed by atoms with Crippen LogP contribution in [0.2, 0.25) is 0 Å². The highest BCUT2D eigenvalue weighted by Crippen LogP contribution is 2.22. The Morgan fingerprint density at radius 2 is 1.75 bits per heavy atom. The quantitative estimate of drug-likeness (QED) is 0.488. The van der Waals surface area contributed by atoms with Crippen LogP contribution >= 0.6 is 0 Å². The number of unbranched alkanes of at least 4 members (excludes halogenated alkanes) is 1. The normalized spacial score (nSPS) is 13.1. The van der Waals surface area contributed by atoms with Crippen LogP contribution in [0.15, 0.2) is 41.7 Å². The summed E-state index contributed by atoms with van der Waals surface area (Å²) in [5.41, 5.74) is 3.07. The van der Waals surface area contributed by atoms with Gasteiger partial charge in [0.1, 0.15) is 5.83 Å². The van der Waals surface area contributed by atoms with Gasteiger partial charge in [-0.05, 0) is 41.5 Å². The Labute approximate surface area is 123 Å². The highest BCUT2D eigenvalue weighted by atomic mass is 19.1. The molecule has 0 spiro atoms. The van der Waals surface area contributed by atoms with Gasteiger partial charge in [0.2, 0.25) is 0 Å². The van der Waals surface area contributed by atoms with Crippen molar-refractivity contribution in [1.82, 2.24) is 0 Å². The summed E-state index contributed by atoms with van der Waals surface area (Å²) < 4.78 is 14.3. The molecule has 1 aromatic carbocycles. The lowest BCUT2D eigenvalue weighted by atomic mass is 10.0. The van der Waals surface area contributed by atoms with E-state index in [1.165, 1.54) is 5.56 Å². The van der Waals surface area contributed by atoms with Gasteiger partial charge in [0.15, 0.2) is 0 Å². The second-order valence-corrected chi connectivity index (χ2v) is 5.58. The number of benzene rings is 1. The Morgan fingerprint density at radius 1 is 1.10 bits per heavy atom. The van der Waals surface area contributed by atoms with E-state index in [9.17, 15) is 4.39 Å². The molecule has 0 heterocycles. The fraction of sp³-hybridized carbons (Fsp3) is 0.474. The lowest BCUT2D eigenvalue weighted by Crippen LogP contribution is -1.88. The van der Waals surface area contributed by atoms with Crippen molar-refractivity contribution in [2.45, 2.75) is 59.3 Å². The molecule has 0 bridgehead atoms. The highest BCUT2D eigenvalue weighted by Gasteiger charge is 2.04. The average Bonchev–Trinajstić information content (AvgIpc) is 2.43. The molecule has 1 rings (SSSR count). The largest absolute Gasteiger partial charge is 0.207 e.